The molecule has 1 fully saturated rings. The van der Waals surface area contributed by atoms with Crippen molar-refractivity contribution in [3.05, 3.63) is 12.2 Å². The maximum atomic E-state index is 5.89. The molecule has 0 aromatic rings. The molecular formula is C16H32N2O. The molecule has 0 saturated carbocycles. The molecule has 1 heterocycles. The summed E-state index contributed by atoms with van der Waals surface area (Å²) in [6.07, 6.45) is 9.15. The monoisotopic (exact) mass is 268 g/mol. The highest BCUT2D eigenvalue weighted by molar-refractivity contribution is 5.99. The van der Waals surface area contributed by atoms with Crippen LogP contribution in [0.2, 0.25) is 0 Å². The Balaban J connectivity index is 0.00000154. The van der Waals surface area contributed by atoms with Crippen molar-refractivity contribution < 1.29 is 4.74 Å². The average Bonchev–Trinajstić information content (AvgIpc) is 2.49. The molecule has 1 N–H and O–H groups in total. The van der Waals surface area contributed by atoms with E-state index in [9.17, 15) is 0 Å². The molecule has 0 amide bonds. The first-order valence-corrected chi connectivity index (χ1v) is 7.81. The van der Waals surface area contributed by atoms with E-state index in [1.165, 1.54) is 19.3 Å². The van der Waals surface area contributed by atoms with E-state index in [-0.39, 0.29) is 6.10 Å². The van der Waals surface area contributed by atoms with Crippen LogP contribution in [0.25, 0.3) is 0 Å². The van der Waals surface area contributed by atoms with E-state index < -0.39 is 0 Å². The molecule has 3 nitrogen and oxygen atoms in total. The number of nitrogens with one attached hydrogen (secondary N) is 1. The van der Waals surface area contributed by atoms with E-state index in [0.29, 0.717) is 6.04 Å². The van der Waals surface area contributed by atoms with Crippen LogP contribution in [0.3, 0.4) is 0 Å². The SMILES string of the molecule is CC.CC/C=C\C(=NC)C(OCC)C1CCCCN1. The summed E-state index contributed by atoms with van der Waals surface area (Å²) in [5.41, 5.74) is 1.06. The first kappa shape index (κ1) is 18.3. The normalized spacial score (nSPS) is 21.9. The molecule has 0 bridgehead atoms. The highest BCUT2D eigenvalue weighted by atomic mass is 16.5. The van der Waals surface area contributed by atoms with Crippen molar-refractivity contribution in [2.45, 2.75) is 65.5 Å². The Bertz CT molecular complexity index is 255. The molecule has 1 rings (SSSR count). The van der Waals surface area contributed by atoms with Crippen molar-refractivity contribution in [1.82, 2.24) is 5.32 Å². The van der Waals surface area contributed by atoms with Crippen molar-refractivity contribution >= 4 is 5.71 Å². The summed E-state index contributed by atoms with van der Waals surface area (Å²) in [4.78, 5) is 4.38. The molecule has 0 aliphatic carbocycles. The van der Waals surface area contributed by atoms with E-state index in [1.807, 2.05) is 27.8 Å². The van der Waals surface area contributed by atoms with Gasteiger partial charge in [-0.2, -0.15) is 0 Å². The van der Waals surface area contributed by atoms with Gasteiger partial charge in [0, 0.05) is 19.7 Å². The number of aliphatic imine (C=N–C) groups is 1. The lowest BCUT2D eigenvalue weighted by molar-refractivity contribution is 0.0731. The average molecular weight is 268 g/mol. The summed E-state index contributed by atoms with van der Waals surface area (Å²) in [5.74, 6) is 0. The Labute approximate surface area is 119 Å². The molecular weight excluding hydrogens is 236 g/mol. The third-order valence-electron chi connectivity index (χ3n) is 3.13. The molecule has 0 aromatic heterocycles. The Morgan fingerprint density at radius 2 is 2.11 bits per heavy atom. The Morgan fingerprint density at radius 1 is 1.37 bits per heavy atom. The Kier molecular flexibility index (Phi) is 11.9. The van der Waals surface area contributed by atoms with Gasteiger partial charge in [-0.15, -0.1) is 0 Å². The second-order valence-corrected chi connectivity index (χ2v) is 4.39. The number of hydrogen-bond donors (Lipinski definition) is 1. The first-order chi connectivity index (χ1) is 9.33. The van der Waals surface area contributed by atoms with Crippen LogP contribution < -0.4 is 5.32 Å². The van der Waals surface area contributed by atoms with Crippen LogP contribution >= 0.6 is 0 Å². The third kappa shape index (κ3) is 6.88. The minimum Gasteiger partial charge on any atom is -0.371 e. The van der Waals surface area contributed by atoms with Gasteiger partial charge < -0.3 is 10.1 Å². The van der Waals surface area contributed by atoms with Gasteiger partial charge in [0.15, 0.2) is 0 Å². The van der Waals surface area contributed by atoms with Crippen LogP contribution in [-0.4, -0.2) is 38.1 Å². The standard InChI is InChI=1S/C14H26N2O.C2H6/c1-4-6-9-12(15-3)14(17-5-2)13-10-7-8-11-16-13;1-2/h6,9,13-14,16H,4-5,7-8,10-11H2,1-3H3;1-2H3/b9-6-,15-12?;. The van der Waals surface area contributed by atoms with E-state index >= 15 is 0 Å². The van der Waals surface area contributed by atoms with Gasteiger partial charge in [0.1, 0.15) is 6.10 Å². The van der Waals surface area contributed by atoms with Crippen LogP contribution in [-0.2, 0) is 4.74 Å². The summed E-state index contributed by atoms with van der Waals surface area (Å²) in [6, 6.07) is 0.420. The number of nitrogens with zero attached hydrogens (tertiary/aromatic N) is 1. The third-order valence-corrected chi connectivity index (χ3v) is 3.13. The van der Waals surface area contributed by atoms with Gasteiger partial charge in [0.2, 0.25) is 0 Å². The number of piperidine rings is 1. The van der Waals surface area contributed by atoms with Gasteiger partial charge in [-0.3, -0.25) is 4.99 Å². The number of allylic oxidation sites excluding steroid dienone is 1. The van der Waals surface area contributed by atoms with E-state index in [4.69, 9.17) is 4.74 Å². The molecule has 2 unspecified atom stereocenters. The van der Waals surface area contributed by atoms with Crippen LogP contribution in [0.1, 0.15) is 53.4 Å². The summed E-state index contributed by atoms with van der Waals surface area (Å²) in [7, 11) is 1.85. The van der Waals surface area contributed by atoms with Gasteiger partial charge in [-0.05, 0) is 38.8 Å². The zero-order chi connectivity index (χ0) is 14.5. The Hall–Kier alpha value is -0.670. The van der Waals surface area contributed by atoms with Gasteiger partial charge in [0.05, 0.1) is 5.71 Å². The van der Waals surface area contributed by atoms with Gasteiger partial charge >= 0.3 is 0 Å². The lowest BCUT2D eigenvalue weighted by Crippen LogP contribution is -2.48. The quantitative estimate of drug-likeness (QED) is 0.747. The van der Waals surface area contributed by atoms with E-state index in [2.05, 4.69) is 29.4 Å². The first-order valence-electron chi connectivity index (χ1n) is 7.81. The maximum absolute atomic E-state index is 5.89. The molecule has 2 atom stereocenters. The molecule has 0 radical (unpaired) electrons. The lowest BCUT2D eigenvalue weighted by atomic mass is 9.96. The highest BCUT2D eigenvalue weighted by Gasteiger charge is 2.26. The summed E-state index contributed by atoms with van der Waals surface area (Å²) in [6.45, 7) is 10.0. The number of rotatable bonds is 6. The van der Waals surface area contributed by atoms with Crippen molar-refractivity contribution in [2.24, 2.45) is 4.99 Å². The van der Waals surface area contributed by atoms with Crippen molar-refractivity contribution in [3.8, 4) is 0 Å². The summed E-state index contributed by atoms with van der Waals surface area (Å²) >= 11 is 0. The zero-order valence-corrected chi connectivity index (χ0v) is 13.4. The number of ether oxygens (including phenoxy) is 1. The van der Waals surface area contributed by atoms with Gasteiger partial charge in [-0.25, -0.2) is 0 Å². The van der Waals surface area contributed by atoms with Crippen molar-refractivity contribution in [3.63, 3.8) is 0 Å². The molecule has 3 heteroatoms. The molecule has 112 valence electrons. The fraction of sp³-hybridized carbons (Fsp3) is 0.812. The van der Waals surface area contributed by atoms with E-state index in [0.717, 1.165) is 25.3 Å². The molecule has 1 saturated heterocycles. The second-order valence-electron chi connectivity index (χ2n) is 4.39. The zero-order valence-electron chi connectivity index (χ0n) is 13.4. The highest BCUT2D eigenvalue weighted by Crippen LogP contribution is 2.15. The topological polar surface area (TPSA) is 33.6 Å². The summed E-state index contributed by atoms with van der Waals surface area (Å²) in [5, 5.41) is 3.56. The van der Waals surface area contributed by atoms with Crippen LogP contribution in [0.4, 0.5) is 0 Å². The molecule has 19 heavy (non-hydrogen) atoms. The molecule has 1 aliphatic heterocycles. The molecule has 0 aromatic carbocycles. The largest absolute Gasteiger partial charge is 0.371 e. The van der Waals surface area contributed by atoms with Gasteiger partial charge in [-0.1, -0.05) is 33.3 Å². The predicted octanol–water partition coefficient (Wildman–Crippen LogP) is 3.60. The lowest BCUT2D eigenvalue weighted by Gasteiger charge is -2.31. The summed E-state index contributed by atoms with van der Waals surface area (Å²) < 4.78 is 5.89. The van der Waals surface area contributed by atoms with Crippen LogP contribution in [0, 0.1) is 0 Å². The fourth-order valence-corrected chi connectivity index (χ4v) is 2.26. The maximum Gasteiger partial charge on any atom is 0.114 e. The fourth-order valence-electron chi connectivity index (χ4n) is 2.26. The van der Waals surface area contributed by atoms with Crippen molar-refractivity contribution in [2.75, 3.05) is 20.2 Å². The molecule has 1 aliphatic rings. The van der Waals surface area contributed by atoms with Gasteiger partial charge in [0.25, 0.3) is 0 Å². The number of hydrogen-bond acceptors (Lipinski definition) is 3. The minimum absolute atomic E-state index is 0.105. The van der Waals surface area contributed by atoms with Crippen molar-refractivity contribution in [1.29, 1.82) is 0 Å². The predicted molar refractivity (Wildman–Crippen MR) is 85.2 cm³/mol. The smallest absolute Gasteiger partial charge is 0.114 e. The Morgan fingerprint density at radius 3 is 2.58 bits per heavy atom. The minimum atomic E-state index is 0.105. The van der Waals surface area contributed by atoms with E-state index in [1.54, 1.807) is 0 Å². The van der Waals surface area contributed by atoms with Crippen LogP contribution in [0.5, 0.6) is 0 Å². The second kappa shape index (κ2) is 12.4. The molecule has 0 spiro atoms. The van der Waals surface area contributed by atoms with Crippen LogP contribution in [0.15, 0.2) is 17.1 Å².